The van der Waals surface area contributed by atoms with Gasteiger partial charge < -0.3 is 24.3 Å². The summed E-state index contributed by atoms with van der Waals surface area (Å²) >= 11 is 0. The third-order valence-corrected chi connectivity index (χ3v) is 11.0. The molecule has 0 unspecified atom stereocenters. The van der Waals surface area contributed by atoms with Crippen LogP contribution in [0, 0.1) is 28.1 Å². The molecule has 8 heteroatoms. The standard InChI is InChI=1S/C34H39NO7/c1-19-22(21-12-14-41-18-21)15-23-27(19)34(4)24(16-26(37)40-5)33(3)25(36)11-13-32(2,29(33)28(38)30(34)42-23)31(39)35-17-20-9-7-6-8-10-20/h6-14,18,22-24,28-30,38H,15-17H2,1-5H3,(H,35,39)/t22-,23-,24-,28-,29+,30-,32-,33+,34-/m1/s1. The third kappa shape index (κ3) is 3.91. The Morgan fingerprint density at radius 3 is 2.52 bits per heavy atom. The van der Waals surface area contributed by atoms with Gasteiger partial charge in [-0.25, -0.2) is 0 Å². The van der Waals surface area contributed by atoms with Gasteiger partial charge in [0.1, 0.15) is 0 Å². The van der Waals surface area contributed by atoms with Gasteiger partial charge in [-0.05, 0) is 55.0 Å². The zero-order chi connectivity index (χ0) is 30.0. The highest BCUT2D eigenvalue weighted by molar-refractivity contribution is 6.00. The molecular formula is C34H39NO7. The second kappa shape index (κ2) is 10.1. The van der Waals surface area contributed by atoms with Gasteiger partial charge in [-0.2, -0.15) is 0 Å². The molecule has 0 radical (unpaired) electrons. The van der Waals surface area contributed by atoms with Crippen molar-refractivity contribution < 1.29 is 33.4 Å². The number of carbonyl (C=O) groups excluding carboxylic acids is 3. The molecule has 1 aromatic heterocycles. The first kappa shape index (κ1) is 28.6. The molecule has 2 heterocycles. The number of ether oxygens (including phenoxy) is 2. The molecule has 1 saturated carbocycles. The molecule has 222 valence electrons. The Morgan fingerprint density at radius 1 is 1.12 bits per heavy atom. The van der Waals surface area contributed by atoms with Crippen LogP contribution in [0.1, 0.15) is 57.6 Å². The number of hydrogen-bond acceptors (Lipinski definition) is 7. The zero-order valence-electron chi connectivity index (χ0n) is 24.8. The molecule has 8 nitrogen and oxygen atoms in total. The molecule has 6 rings (SSSR count). The van der Waals surface area contributed by atoms with Crippen molar-refractivity contribution in [3.63, 3.8) is 0 Å². The van der Waals surface area contributed by atoms with E-state index in [0.29, 0.717) is 13.0 Å². The first-order valence-corrected chi connectivity index (χ1v) is 14.7. The molecule has 1 aromatic carbocycles. The number of furan rings is 1. The van der Waals surface area contributed by atoms with E-state index < -0.39 is 46.3 Å². The molecule has 0 spiro atoms. The molecule has 1 amide bonds. The largest absolute Gasteiger partial charge is 0.472 e. The lowest BCUT2D eigenvalue weighted by Crippen LogP contribution is -2.70. The van der Waals surface area contributed by atoms with Crippen molar-refractivity contribution in [3.8, 4) is 0 Å². The maximum atomic E-state index is 14.1. The van der Waals surface area contributed by atoms with Crippen LogP contribution in [0.3, 0.4) is 0 Å². The van der Waals surface area contributed by atoms with E-state index >= 15 is 0 Å². The molecule has 1 aliphatic heterocycles. The van der Waals surface area contributed by atoms with Crippen LogP contribution in [0.5, 0.6) is 0 Å². The average Bonchev–Trinajstić information content (AvgIpc) is 3.69. The van der Waals surface area contributed by atoms with Crippen molar-refractivity contribution in [2.24, 2.45) is 28.1 Å². The lowest BCUT2D eigenvalue weighted by atomic mass is 9.41. The number of carbonyl (C=O) groups is 3. The van der Waals surface area contributed by atoms with E-state index in [2.05, 4.69) is 12.2 Å². The number of nitrogens with one attached hydrogen (secondary N) is 1. The monoisotopic (exact) mass is 573 g/mol. The molecule has 9 atom stereocenters. The summed E-state index contributed by atoms with van der Waals surface area (Å²) in [5.74, 6) is -2.30. The van der Waals surface area contributed by atoms with Gasteiger partial charge in [-0.15, -0.1) is 0 Å². The third-order valence-electron chi connectivity index (χ3n) is 11.0. The van der Waals surface area contributed by atoms with Crippen LogP contribution in [0.4, 0.5) is 0 Å². The number of methoxy groups -OCH3 is 1. The van der Waals surface area contributed by atoms with Gasteiger partial charge in [0.25, 0.3) is 0 Å². The summed E-state index contributed by atoms with van der Waals surface area (Å²) < 4.78 is 17.3. The quantitative estimate of drug-likeness (QED) is 0.386. The fraction of sp³-hybridized carbons (Fsp3) is 0.500. The van der Waals surface area contributed by atoms with Gasteiger partial charge >= 0.3 is 5.97 Å². The van der Waals surface area contributed by atoms with Crippen LogP contribution in [-0.4, -0.2) is 48.2 Å². The number of esters is 1. The van der Waals surface area contributed by atoms with Crippen molar-refractivity contribution >= 4 is 17.7 Å². The molecule has 3 aliphatic carbocycles. The molecule has 2 fully saturated rings. The van der Waals surface area contributed by atoms with Crippen molar-refractivity contribution in [2.75, 3.05) is 7.11 Å². The van der Waals surface area contributed by atoms with Crippen LogP contribution < -0.4 is 5.32 Å². The minimum absolute atomic E-state index is 0.0479. The number of rotatable bonds is 6. The van der Waals surface area contributed by atoms with Gasteiger partial charge in [0.05, 0.1) is 49.8 Å². The molecule has 4 aliphatic rings. The maximum Gasteiger partial charge on any atom is 0.305 e. The van der Waals surface area contributed by atoms with Gasteiger partial charge in [0, 0.05) is 29.2 Å². The van der Waals surface area contributed by atoms with Crippen LogP contribution in [-0.2, 0) is 30.4 Å². The van der Waals surface area contributed by atoms with Gasteiger partial charge in [-0.1, -0.05) is 55.8 Å². The Morgan fingerprint density at radius 2 is 1.86 bits per heavy atom. The van der Waals surface area contributed by atoms with Crippen LogP contribution >= 0.6 is 0 Å². The molecule has 2 aromatic rings. The lowest BCUT2D eigenvalue weighted by molar-refractivity contribution is -0.211. The molecule has 42 heavy (non-hydrogen) atoms. The minimum atomic E-state index is -1.26. The molecule has 0 bridgehead atoms. The maximum absolute atomic E-state index is 14.1. The molecule has 2 N–H and O–H groups in total. The summed E-state index contributed by atoms with van der Waals surface area (Å²) in [5.41, 5.74) is 0.773. The number of aliphatic hydroxyl groups is 1. The minimum Gasteiger partial charge on any atom is -0.472 e. The van der Waals surface area contributed by atoms with E-state index in [1.54, 1.807) is 25.5 Å². The fourth-order valence-corrected chi connectivity index (χ4v) is 9.06. The van der Waals surface area contributed by atoms with Crippen LogP contribution in [0.2, 0.25) is 0 Å². The van der Waals surface area contributed by atoms with Crippen LogP contribution in [0.25, 0.3) is 0 Å². The predicted molar refractivity (Wildman–Crippen MR) is 154 cm³/mol. The predicted octanol–water partition coefficient (Wildman–Crippen LogP) is 4.50. The summed E-state index contributed by atoms with van der Waals surface area (Å²) in [6.45, 7) is 7.99. The van der Waals surface area contributed by atoms with Crippen molar-refractivity contribution in [2.45, 2.75) is 71.3 Å². The summed E-state index contributed by atoms with van der Waals surface area (Å²) in [6, 6.07) is 11.5. The summed E-state index contributed by atoms with van der Waals surface area (Å²) in [4.78, 5) is 41.1. The second-order valence-corrected chi connectivity index (χ2v) is 13.0. The average molecular weight is 574 g/mol. The number of benzene rings is 1. The molecular weight excluding hydrogens is 534 g/mol. The Labute approximate surface area is 246 Å². The number of fused-ring (bicyclic) bond motifs is 4. The Bertz CT molecular complexity index is 1460. The number of aliphatic hydroxyl groups excluding tert-OH is 1. The highest BCUT2D eigenvalue weighted by atomic mass is 16.5. The van der Waals surface area contributed by atoms with Crippen molar-refractivity contribution in [1.29, 1.82) is 0 Å². The summed E-state index contributed by atoms with van der Waals surface area (Å²) in [5, 5.41) is 15.3. The Kier molecular flexibility index (Phi) is 6.85. The highest BCUT2D eigenvalue weighted by Crippen LogP contribution is 2.70. The summed E-state index contributed by atoms with van der Waals surface area (Å²) in [6.07, 6.45) is 4.96. The Hall–Kier alpha value is -3.49. The summed E-state index contributed by atoms with van der Waals surface area (Å²) in [7, 11) is 1.34. The lowest BCUT2D eigenvalue weighted by Gasteiger charge is -2.62. The number of amides is 1. The fourth-order valence-electron chi connectivity index (χ4n) is 9.06. The van der Waals surface area contributed by atoms with E-state index in [1.165, 1.54) is 13.2 Å². The highest BCUT2D eigenvalue weighted by Gasteiger charge is 2.74. The first-order valence-electron chi connectivity index (χ1n) is 14.7. The number of allylic oxidation sites excluding steroid dienone is 2. The van der Waals surface area contributed by atoms with E-state index in [4.69, 9.17) is 13.9 Å². The second-order valence-electron chi connectivity index (χ2n) is 13.0. The van der Waals surface area contributed by atoms with Gasteiger partial charge in [0.15, 0.2) is 5.78 Å². The normalized spacial score (nSPS) is 38.6. The van der Waals surface area contributed by atoms with Crippen LogP contribution in [0.15, 0.2) is 76.6 Å². The van der Waals surface area contributed by atoms with Crippen molar-refractivity contribution in [3.05, 3.63) is 83.3 Å². The Balaban J connectivity index is 1.45. The van der Waals surface area contributed by atoms with E-state index in [1.807, 2.05) is 50.2 Å². The number of hydrogen-bond donors (Lipinski definition) is 2. The topological polar surface area (TPSA) is 115 Å². The van der Waals surface area contributed by atoms with E-state index in [-0.39, 0.29) is 30.1 Å². The van der Waals surface area contributed by atoms with E-state index in [0.717, 1.165) is 22.3 Å². The van der Waals surface area contributed by atoms with Gasteiger partial charge in [-0.3, -0.25) is 14.4 Å². The SMILES string of the molecule is COC(=O)C[C@H]1[C@]2(C)C3=C(C)[C@H](c4ccoc4)C[C@H]3O[C@@H]2[C@H](O)[C@@H]2[C@]1(C)C(=O)C=C[C@@]2(C)C(=O)NCc1ccccc1. The smallest absolute Gasteiger partial charge is 0.305 e. The van der Waals surface area contributed by atoms with E-state index in [9.17, 15) is 19.5 Å². The molecule has 1 saturated heterocycles. The van der Waals surface area contributed by atoms with Gasteiger partial charge in [0.2, 0.25) is 5.91 Å². The zero-order valence-corrected chi connectivity index (χ0v) is 24.8. The van der Waals surface area contributed by atoms with Crippen molar-refractivity contribution in [1.82, 2.24) is 5.32 Å². The first-order chi connectivity index (χ1) is 20.0. The number of ketones is 1.